The summed E-state index contributed by atoms with van der Waals surface area (Å²) in [6.45, 7) is 0.372. The second-order valence-corrected chi connectivity index (χ2v) is 8.06. The largest absolute Gasteiger partial charge is 0.481 e. The average Bonchev–Trinajstić information content (AvgIpc) is 2.78. The lowest BCUT2D eigenvalue weighted by Crippen LogP contribution is -2.57. The molecule has 0 spiro atoms. The lowest BCUT2D eigenvalue weighted by atomic mass is 10.0. The van der Waals surface area contributed by atoms with Gasteiger partial charge in [-0.15, -0.1) is 0 Å². The Hall–Kier alpha value is -3.99. The molecule has 0 aliphatic rings. The normalized spacial score (nSPS) is 13.8. The molecular weight excluding hydrogens is 496 g/mol. The molecule has 4 unspecified atom stereocenters. The number of rotatable bonds is 19. The SMILES string of the molecule is NCCCCC(NC(=O)C(N)CC(=O)O)C(=O)NC(CCCN=C(N)N)C(=O)NC(CC(=O)O)C(=O)O. The van der Waals surface area contributed by atoms with Crippen LogP contribution in [0.25, 0.3) is 0 Å². The molecule has 0 aliphatic heterocycles. The van der Waals surface area contributed by atoms with Gasteiger partial charge in [0, 0.05) is 6.54 Å². The first kappa shape index (κ1) is 33.0. The predicted octanol–water partition coefficient (Wildman–Crippen LogP) is -4.02. The summed E-state index contributed by atoms with van der Waals surface area (Å²) in [5, 5.41) is 33.8. The van der Waals surface area contributed by atoms with E-state index in [1.165, 1.54) is 0 Å². The molecular formula is C20H36N8O9. The molecule has 0 radical (unpaired) electrons. The van der Waals surface area contributed by atoms with Crippen molar-refractivity contribution in [2.24, 2.45) is 27.9 Å². The number of hydrogen-bond donors (Lipinski definition) is 10. The Bertz CT molecular complexity index is 848. The molecule has 37 heavy (non-hydrogen) atoms. The zero-order chi connectivity index (χ0) is 28.5. The smallest absolute Gasteiger partial charge is 0.326 e. The maximum absolute atomic E-state index is 13.0. The number of aliphatic carboxylic acids is 3. The lowest BCUT2D eigenvalue weighted by molar-refractivity contribution is -0.147. The van der Waals surface area contributed by atoms with Crippen LogP contribution in [0.1, 0.15) is 44.9 Å². The zero-order valence-corrected chi connectivity index (χ0v) is 20.2. The number of amides is 3. The maximum atomic E-state index is 13.0. The van der Waals surface area contributed by atoms with Crippen molar-refractivity contribution in [3.63, 3.8) is 0 Å². The fraction of sp³-hybridized carbons (Fsp3) is 0.650. The van der Waals surface area contributed by atoms with Gasteiger partial charge in [-0.05, 0) is 38.6 Å². The lowest BCUT2D eigenvalue weighted by Gasteiger charge is -2.25. The minimum Gasteiger partial charge on any atom is -0.481 e. The summed E-state index contributed by atoms with van der Waals surface area (Å²) in [5.41, 5.74) is 21.5. The minimum atomic E-state index is -1.77. The third-order valence-corrected chi connectivity index (χ3v) is 4.88. The van der Waals surface area contributed by atoms with E-state index in [2.05, 4.69) is 20.9 Å². The van der Waals surface area contributed by atoms with E-state index in [0.29, 0.717) is 19.4 Å². The van der Waals surface area contributed by atoms with Crippen LogP contribution in [-0.2, 0) is 28.8 Å². The molecule has 3 amide bonds. The van der Waals surface area contributed by atoms with Crippen LogP contribution in [0.4, 0.5) is 0 Å². The fourth-order valence-electron chi connectivity index (χ4n) is 3.01. The summed E-state index contributed by atoms with van der Waals surface area (Å²) in [7, 11) is 0. The van der Waals surface area contributed by atoms with Gasteiger partial charge in [-0.3, -0.25) is 29.0 Å². The van der Waals surface area contributed by atoms with Crippen molar-refractivity contribution in [1.82, 2.24) is 16.0 Å². The van der Waals surface area contributed by atoms with Gasteiger partial charge in [0.25, 0.3) is 0 Å². The molecule has 17 heteroatoms. The van der Waals surface area contributed by atoms with E-state index < -0.39 is 72.6 Å². The van der Waals surface area contributed by atoms with Crippen molar-refractivity contribution in [2.45, 2.75) is 69.1 Å². The van der Waals surface area contributed by atoms with E-state index in [1.54, 1.807) is 0 Å². The Morgan fingerprint density at radius 3 is 1.65 bits per heavy atom. The van der Waals surface area contributed by atoms with Crippen LogP contribution in [-0.4, -0.2) is 94.2 Å². The predicted molar refractivity (Wildman–Crippen MR) is 129 cm³/mol. The number of carboxylic acids is 3. The van der Waals surface area contributed by atoms with Gasteiger partial charge in [-0.1, -0.05) is 0 Å². The molecule has 0 heterocycles. The molecule has 4 atom stereocenters. The molecule has 0 aliphatic carbocycles. The summed E-state index contributed by atoms with van der Waals surface area (Å²) in [4.78, 5) is 75.0. The number of guanidine groups is 1. The number of nitrogens with zero attached hydrogens (tertiary/aromatic N) is 1. The van der Waals surface area contributed by atoms with Crippen LogP contribution < -0.4 is 38.9 Å². The van der Waals surface area contributed by atoms with Crippen molar-refractivity contribution >= 4 is 41.6 Å². The van der Waals surface area contributed by atoms with Crippen LogP contribution in [0.3, 0.4) is 0 Å². The molecule has 0 saturated carbocycles. The standard InChI is InChI=1S/C20H36N8O9/c21-6-2-1-4-11(26-16(33)10(22)8-14(29)30)17(34)27-12(5-3-7-25-20(23)24)18(35)28-13(19(36)37)9-15(31)32/h10-13H,1-9,21-22H2,(H,26,33)(H,27,34)(H,28,35)(H,29,30)(H,31,32)(H,36,37)(H4,23,24,25). The number of carbonyl (C=O) groups excluding carboxylic acids is 3. The second kappa shape index (κ2) is 17.4. The highest BCUT2D eigenvalue weighted by Crippen LogP contribution is 2.06. The Labute approximate surface area is 212 Å². The van der Waals surface area contributed by atoms with Gasteiger partial charge in [0.15, 0.2) is 5.96 Å². The summed E-state index contributed by atoms with van der Waals surface area (Å²) in [6.07, 6.45) is -0.527. The van der Waals surface area contributed by atoms with Crippen molar-refractivity contribution < 1.29 is 44.1 Å². The van der Waals surface area contributed by atoms with Crippen LogP contribution in [0.2, 0.25) is 0 Å². The van der Waals surface area contributed by atoms with Crippen molar-refractivity contribution in [1.29, 1.82) is 0 Å². The Morgan fingerprint density at radius 1 is 0.703 bits per heavy atom. The first-order valence-corrected chi connectivity index (χ1v) is 11.4. The van der Waals surface area contributed by atoms with Gasteiger partial charge >= 0.3 is 17.9 Å². The monoisotopic (exact) mass is 532 g/mol. The molecule has 0 saturated heterocycles. The molecule has 0 fully saturated rings. The summed E-state index contributed by atoms with van der Waals surface area (Å²) >= 11 is 0. The molecule has 0 bridgehead atoms. The maximum Gasteiger partial charge on any atom is 0.326 e. The highest BCUT2D eigenvalue weighted by atomic mass is 16.4. The molecule has 0 aromatic carbocycles. The van der Waals surface area contributed by atoms with Crippen molar-refractivity contribution in [3.05, 3.63) is 0 Å². The van der Waals surface area contributed by atoms with Gasteiger partial charge in [0.1, 0.15) is 18.1 Å². The molecule has 14 N–H and O–H groups in total. The van der Waals surface area contributed by atoms with Crippen LogP contribution in [0.5, 0.6) is 0 Å². The minimum absolute atomic E-state index is 0.0696. The number of carboxylic acid groups (broad SMARTS) is 3. The summed E-state index contributed by atoms with van der Waals surface area (Å²) in [5.74, 6) is -7.32. The van der Waals surface area contributed by atoms with Crippen LogP contribution in [0.15, 0.2) is 4.99 Å². The Morgan fingerprint density at radius 2 is 1.19 bits per heavy atom. The first-order valence-electron chi connectivity index (χ1n) is 11.4. The van der Waals surface area contributed by atoms with E-state index in [1.807, 2.05) is 0 Å². The number of nitrogens with one attached hydrogen (secondary N) is 3. The quantitative estimate of drug-likeness (QED) is 0.0431. The van der Waals surface area contributed by atoms with Gasteiger partial charge in [-0.2, -0.15) is 0 Å². The van der Waals surface area contributed by atoms with Gasteiger partial charge in [-0.25, -0.2) is 4.79 Å². The van der Waals surface area contributed by atoms with E-state index in [-0.39, 0.29) is 31.8 Å². The average molecular weight is 533 g/mol. The summed E-state index contributed by atoms with van der Waals surface area (Å²) < 4.78 is 0. The van der Waals surface area contributed by atoms with Gasteiger partial charge in [0.05, 0.1) is 18.9 Å². The van der Waals surface area contributed by atoms with Crippen LogP contribution >= 0.6 is 0 Å². The number of aliphatic imine (C=N–C) groups is 1. The molecule has 0 aromatic rings. The number of unbranched alkanes of at least 4 members (excludes halogenated alkanes) is 1. The van der Waals surface area contributed by atoms with Crippen LogP contribution in [0, 0.1) is 0 Å². The van der Waals surface area contributed by atoms with E-state index >= 15 is 0 Å². The molecule has 0 rings (SSSR count). The van der Waals surface area contributed by atoms with Crippen molar-refractivity contribution in [2.75, 3.05) is 13.1 Å². The summed E-state index contributed by atoms with van der Waals surface area (Å²) in [6, 6.07) is -5.77. The third kappa shape index (κ3) is 14.9. The molecule has 0 aromatic heterocycles. The van der Waals surface area contributed by atoms with E-state index in [9.17, 15) is 33.9 Å². The van der Waals surface area contributed by atoms with E-state index in [0.717, 1.165) is 0 Å². The highest BCUT2D eigenvalue weighted by molar-refractivity contribution is 5.95. The van der Waals surface area contributed by atoms with Crippen molar-refractivity contribution in [3.8, 4) is 0 Å². The fourth-order valence-corrected chi connectivity index (χ4v) is 3.01. The number of hydrogen-bond acceptors (Lipinski definition) is 9. The Balaban J connectivity index is 5.68. The topological polar surface area (TPSA) is 316 Å². The van der Waals surface area contributed by atoms with Gasteiger partial charge < -0.3 is 54.2 Å². The van der Waals surface area contributed by atoms with E-state index in [4.69, 9.17) is 33.1 Å². The zero-order valence-electron chi connectivity index (χ0n) is 20.2. The van der Waals surface area contributed by atoms with Gasteiger partial charge in [0.2, 0.25) is 17.7 Å². The Kier molecular flexibility index (Phi) is 15.6. The molecule has 210 valence electrons. The number of carbonyl (C=O) groups is 6. The third-order valence-electron chi connectivity index (χ3n) is 4.88. The second-order valence-electron chi connectivity index (χ2n) is 8.06. The first-order chi connectivity index (χ1) is 17.3. The molecule has 17 nitrogen and oxygen atoms in total. The highest BCUT2D eigenvalue weighted by Gasteiger charge is 2.31. The number of nitrogens with two attached hydrogens (primary N) is 4.